The number of aromatic hydroxyl groups is 3. The quantitative estimate of drug-likeness (QED) is 0.586. The van der Waals surface area contributed by atoms with Gasteiger partial charge in [-0.1, -0.05) is 0 Å². The molecule has 0 aromatic heterocycles. The smallest absolute Gasteiger partial charge is 0.337 e. The number of anilines is 1. The minimum Gasteiger partial charge on any atom is -0.508 e. The summed E-state index contributed by atoms with van der Waals surface area (Å²) in [5.41, 5.74) is -0.466. The minimum absolute atomic E-state index is 0.111. The highest BCUT2D eigenvalue weighted by Gasteiger charge is 2.16. The highest BCUT2D eigenvalue weighted by molar-refractivity contribution is 6.09. The lowest BCUT2D eigenvalue weighted by molar-refractivity contribution is 0.0698. The molecule has 2 rings (SSSR count). The van der Waals surface area contributed by atoms with E-state index < -0.39 is 17.6 Å². The number of carbonyl (C=O) groups is 2. The summed E-state index contributed by atoms with van der Waals surface area (Å²) in [5, 5.41) is 39.4. The Morgan fingerprint density at radius 1 is 0.857 bits per heavy atom. The number of carbonyl (C=O) groups excluding carboxylic acids is 1. The van der Waals surface area contributed by atoms with Crippen molar-refractivity contribution >= 4 is 17.6 Å². The van der Waals surface area contributed by atoms with Crippen LogP contribution in [0, 0.1) is 0 Å². The lowest BCUT2D eigenvalue weighted by atomic mass is 10.1. The number of hydrogen-bond acceptors (Lipinski definition) is 5. The summed E-state index contributed by atoms with van der Waals surface area (Å²) in [7, 11) is 0. The average Bonchev–Trinajstić information content (AvgIpc) is 2.37. The van der Waals surface area contributed by atoms with E-state index in [0.717, 1.165) is 18.2 Å². The summed E-state index contributed by atoms with van der Waals surface area (Å²) in [5.74, 6) is -2.94. The van der Waals surface area contributed by atoms with Gasteiger partial charge >= 0.3 is 5.97 Å². The molecule has 7 heteroatoms. The fraction of sp³-hybridized carbons (Fsp3) is 0. The lowest BCUT2D eigenvalue weighted by Crippen LogP contribution is -2.14. The molecule has 0 fully saturated rings. The fourth-order valence-electron chi connectivity index (χ4n) is 1.72. The van der Waals surface area contributed by atoms with Crippen LogP contribution in [-0.2, 0) is 0 Å². The van der Waals surface area contributed by atoms with Crippen LogP contribution < -0.4 is 5.32 Å². The van der Waals surface area contributed by atoms with Crippen LogP contribution in [0.1, 0.15) is 20.7 Å². The molecule has 0 aliphatic heterocycles. The third-order valence-electron chi connectivity index (χ3n) is 2.71. The standard InChI is InChI=1S/C14H11NO6/c16-7-1-3-9(14(20)21)11(5-7)15-13(19)10-4-2-8(17)6-12(10)18/h1-6,16-18H,(H,15,19)(H,20,21). The summed E-state index contributed by atoms with van der Waals surface area (Å²) in [6.07, 6.45) is 0. The van der Waals surface area contributed by atoms with Gasteiger partial charge in [-0.3, -0.25) is 4.79 Å². The van der Waals surface area contributed by atoms with Crippen molar-refractivity contribution in [2.24, 2.45) is 0 Å². The maximum atomic E-state index is 12.0. The van der Waals surface area contributed by atoms with Crippen molar-refractivity contribution < 1.29 is 30.0 Å². The van der Waals surface area contributed by atoms with Gasteiger partial charge in [-0.05, 0) is 24.3 Å². The monoisotopic (exact) mass is 289 g/mol. The minimum atomic E-state index is -1.28. The number of benzene rings is 2. The van der Waals surface area contributed by atoms with Crippen molar-refractivity contribution in [2.75, 3.05) is 5.32 Å². The third kappa shape index (κ3) is 3.03. The second kappa shape index (κ2) is 5.41. The van der Waals surface area contributed by atoms with Crippen molar-refractivity contribution in [2.45, 2.75) is 0 Å². The predicted octanol–water partition coefficient (Wildman–Crippen LogP) is 1.75. The first-order valence-electron chi connectivity index (χ1n) is 5.78. The Morgan fingerprint density at radius 3 is 2.00 bits per heavy atom. The number of aromatic carboxylic acids is 1. The molecule has 0 heterocycles. The second-order valence-corrected chi connectivity index (χ2v) is 4.19. The molecule has 0 saturated heterocycles. The number of carboxylic acids is 1. The maximum absolute atomic E-state index is 12.0. The van der Waals surface area contributed by atoms with Crippen molar-refractivity contribution in [3.8, 4) is 17.2 Å². The SMILES string of the molecule is O=C(Nc1cc(O)ccc1C(=O)O)c1ccc(O)cc1O. The van der Waals surface area contributed by atoms with Crippen LogP contribution in [0.5, 0.6) is 17.2 Å². The molecule has 2 aromatic carbocycles. The molecule has 1 amide bonds. The van der Waals surface area contributed by atoms with Crippen molar-refractivity contribution in [1.29, 1.82) is 0 Å². The van der Waals surface area contributed by atoms with E-state index in [1.807, 2.05) is 0 Å². The molecule has 0 aliphatic carbocycles. The fourth-order valence-corrected chi connectivity index (χ4v) is 1.72. The number of nitrogens with one attached hydrogen (secondary N) is 1. The van der Waals surface area contributed by atoms with Crippen molar-refractivity contribution in [3.05, 3.63) is 47.5 Å². The molecule has 0 spiro atoms. The molecule has 0 unspecified atom stereocenters. The summed E-state index contributed by atoms with van der Waals surface area (Å²) in [4.78, 5) is 23.1. The van der Waals surface area contributed by atoms with E-state index in [0.29, 0.717) is 0 Å². The van der Waals surface area contributed by atoms with Gasteiger partial charge in [-0.2, -0.15) is 0 Å². The highest BCUT2D eigenvalue weighted by Crippen LogP contribution is 2.26. The first kappa shape index (κ1) is 14.2. The topological polar surface area (TPSA) is 127 Å². The van der Waals surface area contributed by atoms with Crippen LogP contribution in [-0.4, -0.2) is 32.3 Å². The van der Waals surface area contributed by atoms with Gasteiger partial charge in [0.2, 0.25) is 0 Å². The number of amides is 1. The van der Waals surface area contributed by atoms with Crippen LogP contribution >= 0.6 is 0 Å². The number of phenolic OH excluding ortho intramolecular Hbond substituents is 3. The van der Waals surface area contributed by atoms with Gasteiger partial charge in [0.1, 0.15) is 17.2 Å². The van der Waals surface area contributed by atoms with E-state index >= 15 is 0 Å². The molecule has 0 saturated carbocycles. The van der Waals surface area contributed by atoms with Crippen LogP contribution in [0.4, 0.5) is 5.69 Å². The number of hydrogen-bond donors (Lipinski definition) is 5. The molecule has 21 heavy (non-hydrogen) atoms. The zero-order chi connectivity index (χ0) is 15.6. The molecule has 0 bridgehead atoms. The van der Waals surface area contributed by atoms with E-state index in [1.165, 1.54) is 18.2 Å². The predicted molar refractivity (Wildman–Crippen MR) is 72.8 cm³/mol. The van der Waals surface area contributed by atoms with Crippen LogP contribution in [0.25, 0.3) is 0 Å². The van der Waals surface area contributed by atoms with Crippen molar-refractivity contribution in [1.82, 2.24) is 0 Å². The van der Waals surface area contributed by atoms with Crippen LogP contribution in [0.2, 0.25) is 0 Å². The number of rotatable bonds is 3. The number of carboxylic acid groups (broad SMARTS) is 1. The second-order valence-electron chi connectivity index (χ2n) is 4.19. The molecule has 2 aromatic rings. The lowest BCUT2D eigenvalue weighted by Gasteiger charge is -2.10. The van der Waals surface area contributed by atoms with Crippen LogP contribution in [0.15, 0.2) is 36.4 Å². The van der Waals surface area contributed by atoms with E-state index in [-0.39, 0.29) is 28.3 Å². The third-order valence-corrected chi connectivity index (χ3v) is 2.71. The molecule has 0 aliphatic rings. The summed E-state index contributed by atoms with van der Waals surface area (Å²) in [6.45, 7) is 0. The van der Waals surface area contributed by atoms with Gasteiger partial charge in [0.15, 0.2) is 0 Å². The first-order valence-corrected chi connectivity index (χ1v) is 5.78. The summed E-state index contributed by atoms with van der Waals surface area (Å²) < 4.78 is 0. The average molecular weight is 289 g/mol. The molecular formula is C14H11NO6. The van der Waals surface area contributed by atoms with Crippen molar-refractivity contribution in [3.63, 3.8) is 0 Å². The van der Waals surface area contributed by atoms with E-state index in [2.05, 4.69) is 5.32 Å². The van der Waals surface area contributed by atoms with Gasteiger partial charge in [-0.15, -0.1) is 0 Å². The Labute approximate surface area is 118 Å². The van der Waals surface area contributed by atoms with Gasteiger partial charge < -0.3 is 25.7 Å². The van der Waals surface area contributed by atoms with E-state index in [1.54, 1.807) is 0 Å². The molecular weight excluding hydrogens is 278 g/mol. The zero-order valence-electron chi connectivity index (χ0n) is 10.6. The Bertz CT molecular complexity index is 725. The van der Waals surface area contributed by atoms with E-state index in [9.17, 15) is 19.8 Å². The molecule has 0 atom stereocenters. The summed E-state index contributed by atoms with van der Waals surface area (Å²) >= 11 is 0. The Hall–Kier alpha value is -3.22. The highest BCUT2D eigenvalue weighted by atomic mass is 16.4. The molecule has 5 N–H and O–H groups in total. The van der Waals surface area contributed by atoms with Gasteiger partial charge in [0, 0.05) is 12.1 Å². The largest absolute Gasteiger partial charge is 0.508 e. The van der Waals surface area contributed by atoms with E-state index in [4.69, 9.17) is 10.2 Å². The maximum Gasteiger partial charge on any atom is 0.337 e. The summed E-state index contributed by atoms with van der Waals surface area (Å²) in [6, 6.07) is 6.77. The van der Waals surface area contributed by atoms with Crippen LogP contribution in [0.3, 0.4) is 0 Å². The van der Waals surface area contributed by atoms with Gasteiger partial charge in [-0.25, -0.2) is 4.79 Å². The first-order chi connectivity index (χ1) is 9.88. The van der Waals surface area contributed by atoms with Gasteiger partial charge in [0.25, 0.3) is 5.91 Å². The molecule has 0 radical (unpaired) electrons. The molecule has 108 valence electrons. The zero-order valence-corrected chi connectivity index (χ0v) is 10.6. The Morgan fingerprint density at radius 2 is 1.43 bits per heavy atom. The molecule has 7 nitrogen and oxygen atoms in total. The van der Waals surface area contributed by atoms with Gasteiger partial charge in [0.05, 0.1) is 16.8 Å². The Balaban J connectivity index is 2.35. The normalized spacial score (nSPS) is 10.1. The Kier molecular flexibility index (Phi) is 3.66. The number of phenols is 3.